The molecule has 6 nitrogen and oxygen atoms in total. The second kappa shape index (κ2) is 6.46. The van der Waals surface area contributed by atoms with E-state index in [9.17, 15) is 4.79 Å². The van der Waals surface area contributed by atoms with E-state index in [1.807, 2.05) is 13.8 Å². The summed E-state index contributed by atoms with van der Waals surface area (Å²) in [4.78, 5) is 12.1. The first-order valence-electron chi connectivity index (χ1n) is 5.50. The van der Waals surface area contributed by atoms with Crippen molar-refractivity contribution in [1.82, 2.24) is 10.5 Å². The van der Waals surface area contributed by atoms with E-state index >= 15 is 0 Å². The monoisotopic (exact) mass is 271 g/mol. The van der Waals surface area contributed by atoms with Crippen molar-refractivity contribution in [3.05, 3.63) is 17.5 Å². The third-order valence-electron chi connectivity index (χ3n) is 2.34. The van der Waals surface area contributed by atoms with Crippen LogP contribution in [-0.2, 0) is 11.3 Å². The zero-order chi connectivity index (χ0) is 13.7. The SMILES string of the molecule is COCc1cc(C(=O)NC(C(N)=S)C(C)C)no1. The number of hydrogen-bond donors (Lipinski definition) is 2. The zero-order valence-corrected chi connectivity index (χ0v) is 11.4. The van der Waals surface area contributed by atoms with Crippen LogP contribution in [0.3, 0.4) is 0 Å². The van der Waals surface area contributed by atoms with Gasteiger partial charge in [-0.15, -0.1) is 0 Å². The molecule has 0 bridgehead atoms. The number of rotatable bonds is 6. The fourth-order valence-corrected chi connectivity index (χ4v) is 1.74. The van der Waals surface area contributed by atoms with Crippen molar-refractivity contribution in [2.45, 2.75) is 26.5 Å². The van der Waals surface area contributed by atoms with Crippen molar-refractivity contribution < 1.29 is 14.1 Å². The van der Waals surface area contributed by atoms with Crippen LogP contribution in [0.4, 0.5) is 0 Å². The molecule has 1 unspecified atom stereocenters. The Bertz CT molecular complexity index is 431. The Hall–Kier alpha value is -1.47. The third kappa shape index (κ3) is 3.78. The number of ether oxygens (including phenoxy) is 1. The molecule has 1 amide bonds. The number of nitrogens with two attached hydrogens (primary N) is 1. The number of methoxy groups -OCH3 is 1. The largest absolute Gasteiger partial charge is 0.392 e. The van der Waals surface area contributed by atoms with E-state index in [4.69, 9.17) is 27.2 Å². The van der Waals surface area contributed by atoms with Gasteiger partial charge in [-0.05, 0) is 5.92 Å². The van der Waals surface area contributed by atoms with E-state index in [1.165, 1.54) is 13.2 Å². The summed E-state index contributed by atoms with van der Waals surface area (Å²) in [5, 5.41) is 6.37. The molecular formula is C11H17N3O3S. The van der Waals surface area contributed by atoms with E-state index in [0.717, 1.165) is 0 Å². The van der Waals surface area contributed by atoms with Gasteiger partial charge in [-0.2, -0.15) is 0 Å². The number of thiocarbonyl (C=S) groups is 1. The van der Waals surface area contributed by atoms with Gasteiger partial charge < -0.3 is 20.3 Å². The quantitative estimate of drug-likeness (QED) is 0.746. The Morgan fingerprint density at radius 2 is 2.33 bits per heavy atom. The Morgan fingerprint density at radius 3 is 2.83 bits per heavy atom. The van der Waals surface area contributed by atoms with E-state index in [2.05, 4.69) is 10.5 Å². The Morgan fingerprint density at radius 1 is 1.67 bits per heavy atom. The van der Waals surface area contributed by atoms with E-state index in [1.54, 1.807) is 0 Å². The van der Waals surface area contributed by atoms with Crippen LogP contribution in [0.25, 0.3) is 0 Å². The lowest BCUT2D eigenvalue weighted by Crippen LogP contribution is -2.46. The van der Waals surface area contributed by atoms with Gasteiger partial charge in [-0.3, -0.25) is 4.79 Å². The van der Waals surface area contributed by atoms with Crippen LogP contribution < -0.4 is 11.1 Å². The lowest BCUT2D eigenvalue weighted by molar-refractivity contribution is 0.0930. The number of aromatic nitrogens is 1. The van der Waals surface area contributed by atoms with E-state index < -0.39 is 0 Å². The number of carbonyl (C=O) groups is 1. The Kier molecular flexibility index (Phi) is 5.24. The molecule has 0 radical (unpaired) electrons. The second-order valence-electron chi connectivity index (χ2n) is 4.21. The Labute approximate surface area is 111 Å². The van der Waals surface area contributed by atoms with Gasteiger partial charge in [-0.25, -0.2) is 0 Å². The zero-order valence-electron chi connectivity index (χ0n) is 10.6. The summed E-state index contributed by atoms with van der Waals surface area (Å²) in [6.45, 7) is 4.11. The molecule has 1 rings (SSSR count). The molecule has 0 aliphatic heterocycles. The highest BCUT2D eigenvalue weighted by atomic mass is 32.1. The average molecular weight is 271 g/mol. The molecule has 3 N–H and O–H groups in total. The minimum absolute atomic E-state index is 0.108. The maximum Gasteiger partial charge on any atom is 0.274 e. The van der Waals surface area contributed by atoms with E-state index in [-0.39, 0.29) is 35.2 Å². The number of amides is 1. The molecule has 1 aromatic heterocycles. The summed E-state index contributed by atoms with van der Waals surface area (Å²) in [5.74, 6) is 0.225. The van der Waals surface area contributed by atoms with Gasteiger partial charge >= 0.3 is 0 Å². The van der Waals surface area contributed by atoms with Crippen molar-refractivity contribution in [3.63, 3.8) is 0 Å². The van der Waals surface area contributed by atoms with Gasteiger partial charge in [0.05, 0.1) is 11.0 Å². The minimum Gasteiger partial charge on any atom is -0.392 e. The van der Waals surface area contributed by atoms with Gasteiger partial charge in [-0.1, -0.05) is 31.2 Å². The second-order valence-corrected chi connectivity index (χ2v) is 4.68. The number of nitrogens with zero attached hydrogens (tertiary/aromatic N) is 1. The molecule has 0 spiro atoms. The van der Waals surface area contributed by atoms with Gasteiger partial charge in [0.2, 0.25) is 0 Å². The molecule has 0 fully saturated rings. The summed E-state index contributed by atoms with van der Waals surface area (Å²) < 4.78 is 9.80. The van der Waals surface area contributed by atoms with Crippen molar-refractivity contribution in [1.29, 1.82) is 0 Å². The smallest absolute Gasteiger partial charge is 0.274 e. The van der Waals surface area contributed by atoms with Crippen LogP contribution in [-0.4, -0.2) is 29.2 Å². The molecule has 100 valence electrons. The average Bonchev–Trinajstić information content (AvgIpc) is 2.73. The highest BCUT2D eigenvalue weighted by Gasteiger charge is 2.21. The first-order valence-corrected chi connectivity index (χ1v) is 5.91. The van der Waals surface area contributed by atoms with E-state index in [0.29, 0.717) is 5.76 Å². The number of hydrogen-bond acceptors (Lipinski definition) is 5. The van der Waals surface area contributed by atoms with Crippen molar-refractivity contribution in [2.24, 2.45) is 11.7 Å². The standard InChI is InChI=1S/C11H17N3O3S/c1-6(2)9(10(12)18)13-11(15)8-4-7(5-16-3)17-14-8/h4,6,9H,5H2,1-3H3,(H2,12,18)(H,13,15). The lowest BCUT2D eigenvalue weighted by Gasteiger charge is -2.20. The maximum atomic E-state index is 11.9. The molecule has 0 saturated heterocycles. The number of nitrogens with one attached hydrogen (secondary N) is 1. The molecule has 0 aliphatic rings. The predicted octanol–water partition coefficient (Wildman–Crippen LogP) is 0.861. The Balaban J connectivity index is 2.71. The highest BCUT2D eigenvalue weighted by Crippen LogP contribution is 2.07. The number of carbonyl (C=O) groups excluding carboxylic acids is 1. The van der Waals surface area contributed by atoms with Gasteiger partial charge in [0, 0.05) is 13.2 Å². The summed E-state index contributed by atoms with van der Waals surface area (Å²) in [6, 6.07) is 1.16. The first kappa shape index (κ1) is 14.6. The third-order valence-corrected chi connectivity index (χ3v) is 2.59. The fraction of sp³-hybridized carbons (Fsp3) is 0.545. The van der Waals surface area contributed by atoms with Crippen LogP contribution >= 0.6 is 12.2 Å². The normalized spacial score (nSPS) is 12.4. The molecule has 0 aromatic carbocycles. The molecule has 7 heteroatoms. The topological polar surface area (TPSA) is 90.4 Å². The van der Waals surface area contributed by atoms with Crippen molar-refractivity contribution in [3.8, 4) is 0 Å². The molecule has 1 atom stereocenters. The minimum atomic E-state index is -0.368. The first-order chi connectivity index (χ1) is 8.45. The van der Waals surface area contributed by atoms with Crippen LogP contribution in [0.1, 0.15) is 30.1 Å². The van der Waals surface area contributed by atoms with Gasteiger partial charge in [0.1, 0.15) is 6.61 Å². The van der Waals surface area contributed by atoms with Gasteiger partial charge in [0.15, 0.2) is 11.5 Å². The molecule has 0 aliphatic carbocycles. The predicted molar refractivity (Wildman–Crippen MR) is 70.1 cm³/mol. The van der Waals surface area contributed by atoms with Crippen molar-refractivity contribution >= 4 is 23.1 Å². The van der Waals surface area contributed by atoms with Crippen LogP contribution in [0.5, 0.6) is 0 Å². The van der Waals surface area contributed by atoms with Crippen LogP contribution in [0, 0.1) is 5.92 Å². The molecule has 0 saturated carbocycles. The molecule has 1 heterocycles. The van der Waals surface area contributed by atoms with Crippen LogP contribution in [0.2, 0.25) is 0 Å². The summed E-state index contributed by atoms with van der Waals surface area (Å²) >= 11 is 4.91. The molecule has 18 heavy (non-hydrogen) atoms. The fourth-order valence-electron chi connectivity index (χ4n) is 1.41. The molecule has 1 aromatic rings. The summed E-state index contributed by atoms with van der Waals surface area (Å²) in [6.07, 6.45) is 0. The maximum absolute atomic E-state index is 11.9. The summed E-state index contributed by atoms with van der Waals surface area (Å²) in [5.41, 5.74) is 5.75. The van der Waals surface area contributed by atoms with Gasteiger partial charge in [0.25, 0.3) is 5.91 Å². The highest BCUT2D eigenvalue weighted by molar-refractivity contribution is 7.80. The summed E-state index contributed by atoms with van der Waals surface area (Å²) in [7, 11) is 1.53. The lowest BCUT2D eigenvalue weighted by atomic mass is 10.0. The van der Waals surface area contributed by atoms with Crippen molar-refractivity contribution in [2.75, 3.05) is 7.11 Å². The molecular weight excluding hydrogens is 254 g/mol. The van der Waals surface area contributed by atoms with Crippen LogP contribution in [0.15, 0.2) is 10.6 Å².